The number of nitrogens with one attached hydrogen (secondary N) is 2. The highest BCUT2D eigenvalue weighted by Gasteiger charge is 2.20. The Balaban J connectivity index is 0.00000324. The molecule has 0 radical (unpaired) electrons. The lowest BCUT2D eigenvalue weighted by Crippen LogP contribution is -2.38. The van der Waals surface area contributed by atoms with Crippen LogP contribution in [0.15, 0.2) is 53.5 Å². The summed E-state index contributed by atoms with van der Waals surface area (Å²) in [6.07, 6.45) is 4.24. The Bertz CT molecular complexity index is 956. The summed E-state index contributed by atoms with van der Waals surface area (Å²) in [7, 11) is 0. The second kappa shape index (κ2) is 13.0. The van der Waals surface area contributed by atoms with Crippen molar-refractivity contribution < 1.29 is 4.79 Å². The van der Waals surface area contributed by atoms with E-state index in [4.69, 9.17) is 4.99 Å². The summed E-state index contributed by atoms with van der Waals surface area (Å²) in [4.78, 5) is 21.1. The maximum Gasteiger partial charge on any atom is 0.222 e. The molecule has 0 saturated carbocycles. The summed E-state index contributed by atoms with van der Waals surface area (Å²) in [6.45, 7) is 9.59. The van der Waals surface area contributed by atoms with Crippen LogP contribution >= 0.6 is 24.0 Å². The van der Waals surface area contributed by atoms with E-state index in [9.17, 15) is 4.79 Å². The number of benzene rings is 2. The largest absolute Gasteiger partial charge is 0.372 e. The van der Waals surface area contributed by atoms with Gasteiger partial charge in [-0.05, 0) is 61.9 Å². The molecule has 1 amide bonds. The van der Waals surface area contributed by atoms with Gasteiger partial charge in [0.1, 0.15) is 0 Å². The van der Waals surface area contributed by atoms with Gasteiger partial charge in [0.05, 0.1) is 12.6 Å². The van der Waals surface area contributed by atoms with E-state index in [1.54, 1.807) is 0 Å². The third kappa shape index (κ3) is 7.10. The van der Waals surface area contributed by atoms with Crippen molar-refractivity contribution in [1.82, 2.24) is 15.5 Å². The van der Waals surface area contributed by atoms with Crippen LogP contribution in [-0.2, 0) is 17.9 Å². The zero-order chi connectivity index (χ0) is 23.0. The molecular weight excluding hydrogens is 537 g/mol. The molecule has 2 aromatic carbocycles. The molecule has 0 aromatic heterocycles. The van der Waals surface area contributed by atoms with E-state index in [0.29, 0.717) is 19.5 Å². The van der Waals surface area contributed by atoms with E-state index in [-0.39, 0.29) is 35.9 Å². The average Bonchev–Trinajstić information content (AvgIpc) is 3.51. The van der Waals surface area contributed by atoms with Crippen LogP contribution in [0.5, 0.6) is 0 Å². The van der Waals surface area contributed by atoms with Gasteiger partial charge in [-0.3, -0.25) is 4.79 Å². The molecule has 2 heterocycles. The van der Waals surface area contributed by atoms with Crippen molar-refractivity contribution in [1.29, 1.82) is 0 Å². The second-order valence-electron chi connectivity index (χ2n) is 9.09. The summed E-state index contributed by atoms with van der Waals surface area (Å²) < 4.78 is 0. The van der Waals surface area contributed by atoms with Crippen LogP contribution in [0.1, 0.15) is 62.3 Å². The molecule has 2 saturated heterocycles. The zero-order valence-electron chi connectivity index (χ0n) is 20.4. The van der Waals surface area contributed by atoms with Crippen LogP contribution < -0.4 is 15.5 Å². The van der Waals surface area contributed by atoms with Crippen molar-refractivity contribution in [3.05, 3.63) is 65.2 Å². The molecule has 2 aliphatic rings. The Hall–Kier alpha value is -2.29. The lowest BCUT2D eigenvalue weighted by atomic mass is 10.1. The lowest BCUT2D eigenvalue weighted by molar-refractivity contribution is -0.128. The van der Waals surface area contributed by atoms with Gasteiger partial charge >= 0.3 is 0 Å². The third-order valence-corrected chi connectivity index (χ3v) is 6.53. The molecule has 2 N–H and O–H groups in total. The summed E-state index contributed by atoms with van der Waals surface area (Å²) in [5, 5.41) is 6.94. The number of anilines is 1. The number of guanidine groups is 1. The van der Waals surface area contributed by atoms with Crippen molar-refractivity contribution in [2.75, 3.05) is 31.1 Å². The second-order valence-corrected chi connectivity index (χ2v) is 9.09. The molecule has 2 aromatic rings. The normalized spacial score (nSPS) is 17.0. The van der Waals surface area contributed by atoms with E-state index in [2.05, 4.69) is 77.9 Å². The van der Waals surface area contributed by atoms with Crippen LogP contribution in [-0.4, -0.2) is 42.9 Å². The number of aliphatic imine (C=N–C) groups is 1. The van der Waals surface area contributed by atoms with Gasteiger partial charge in [-0.25, -0.2) is 4.99 Å². The van der Waals surface area contributed by atoms with Crippen molar-refractivity contribution in [3.8, 4) is 0 Å². The monoisotopic (exact) mass is 575 g/mol. The summed E-state index contributed by atoms with van der Waals surface area (Å²) in [5.41, 5.74) is 4.92. The zero-order valence-corrected chi connectivity index (χ0v) is 22.8. The van der Waals surface area contributed by atoms with Gasteiger partial charge in [-0.15, -0.1) is 24.0 Å². The molecule has 1 unspecified atom stereocenters. The van der Waals surface area contributed by atoms with Gasteiger partial charge in [0.15, 0.2) is 5.96 Å². The molecule has 0 aliphatic carbocycles. The maximum atomic E-state index is 11.9. The first-order valence-electron chi connectivity index (χ1n) is 12.4. The van der Waals surface area contributed by atoms with Crippen LogP contribution in [0, 0.1) is 0 Å². The molecule has 2 fully saturated rings. The Morgan fingerprint density at radius 3 is 2.44 bits per heavy atom. The minimum Gasteiger partial charge on any atom is -0.372 e. The maximum absolute atomic E-state index is 11.9. The number of hydrogen-bond donors (Lipinski definition) is 2. The first-order valence-corrected chi connectivity index (χ1v) is 12.4. The smallest absolute Gasteiger partial charge is 0.222 e. The molecule has 184 valence electrons. The Labute approximate surface area is 221 Å². The first kappa shape index (κ1) is 26.3. The number of carbonyl (C=O) groups excluding carboxylic acids is 1. The number of likely N-dealkylation sites (tertiary alicyclic amines) is 1. The van der Waals surface area contributed by atoms with Gasteiger partial charge in [0.25, 0.3) is 0 Å². The predicted octanol–water partition coefficient (Wildman–Crippen LogP) is 4.84. The van der Waals surface area contributed by atoms with Gasteiger partial charge in [0, 0.05) is 44.8 Å². The molecule has 4 rings (SSSR count). The lowest BCUT2D eigenvalue weighted by Gasteiger charge is -2.22. The van der Waals surface area contributed by atoms with Gasteiger partial charge in [-0.2, -0.15) is 0 Å². The highest BCUT2D eigenvalue weighted by atomic mass is 127. The fraction of sp³-hybridized carbons (Fsp3) is 0.481. The van der Waals surface area contributed by atoms with Crippen LogP contribution in [0.3, 0.4) is 0 Å². The minimum atomic E-state index is 0. The number of nitrogens with zero attached hydrogens (tertiary/aromatic N) is 3. The van der Waals surface area contributed by atoms with E-state index >= 15 is 0 Å². The Morgan fingerprint density at radius 2 is 1.76 bits per heavy atom. The predicted molar refractivity (Wildman–Crippen MR) is 151 cm³/mol. The van der Waals surface area contributed by atoms with Crippen molar-refractivity contribution in [3.63, 3.8) is 0 Å². The number of carbonyl (C=O) groups is 1. The molecule has 0 spiro atoms. The number of rotatable bonds is 8. The number of hydrogen-bond acceptors (Lipinski definition) is 3. The highest BCUT2D eigenvalue weighted by molar-refractivity contribution is 14.0. The average molecular weight is 576 g/mol. The van der Waals surface area contributed by atoms with Gasteiger partial charge in [0.2, 0.25) is 5.91 Å². The molecule has 6 nitrogen and oxygen atoms in total. The van der Waals surface area contributed by atoms with E-state index < -0.39 is 0 Å². The minimum absolute atomic E-state index is 0. The van der Waals surface area contributed by atoms with Crippen molar-refractivity contribution >= 4 is 41.5 Å². The molecule has 2 aliphatic heterocycles. The Kier molecular flexibility index (Phi) is 10.0. The number of halogens is 1. The quantitative estimate of drug-likeness (QED) is 0.269. The van der Waals surface area contributed by atoms with E-state index in [1.165, 1.54) is 29.7 Å². The molecule has 34 heavy (non-hydrogen) atoms. The standard InChI is InChI=1S/C27H37N5O.HI/c1-3-28-27(30-21(2)24-8-6-9-25(18-24)31-15-4-5-16-31)29-19-22-11-13-23(14-12-22)20-32-17-7-10-26(32)33;/h6,8-9,11-14,18,21H,3-5,7,10,15-17,19-20H2,1-2H3,(H2,28,29,30);1H. The fourth-order valence-corrected chi connectivity index (χ4v) is 4.59. The molecule has 1 atom stereocenters. The molecule has 0 bridgehead atoms. The van der Waals surface area contributed by atoms with Crippen molar-refractivity contribution in [2.24, 2.45) is 4.99 Å². The van der Waals surface area contributed by atoms with E-state index in [0.717, 1.165) is 44.1 Å². The van der Waals surface area contributed by atoms with Crippen LogP contribution in [0.4, 0.5) is 5.69 Å². The van der Waals surface area contributed by atoms with Gasteiger partial charge in [-0.1, -0.05) is 36.4 Å². The van der Waals surface area contributed by atoms with Crippen LogP contribution in [0.2, 0.25) is 0 Å². The summed E-state index contributed by atoms with van der Waals surface area (Å²) in [5.74, 6) is 1.09. The Morgan fingerprint density at radius 1 is 1.03 bits per heavy atom. The SMILES string of the molecule is CCNC(=NCc1ccc(CN2CCCC2=O)cc1)NC(C)c1cccc(N2CCCC2)c1.I. The third-order valence-electron chi connectivity index (χ3n) is 6.53. The van der Waals surface area contributed by atoms with Gasteiger partial charge < -0.3 is 20.4 Å². The summed E-state index contributed by atoms with van der Waals surface area (Å²) >= 11 is 0. The van der Waals surface area contributed by atoms with Crippen molar-refractivity contribution in [2.45, 2.75) is 58.7 Å². The van der Waals surface area contributed by atoms with E-state index in [1.807, 2.05) is 4.90 Å². The number of amides is 1. The fourth-order valence-electron chi connectivity index (χ4n) is 4.59. The summed E-state index contributed by atoms with van der Waals surface area (Å²) in [6, 6.07) is 17.5. The molecule has 7 heteroatoms. The van der Waals surface area contributed by atoms with Crippen LogP contribution in [0.25, 0.3) is 0 Å². The first-order chi connectivity index (χ1) is 16.1. The topological polar surface area (TPSA) is 60.0 Å². The molecular formula is C27H38IN5O. The highest BCUT2D eigenvalue weighted by Crippen LogP contribution is 2.24.